The van der Waals surface area contributed by atoms with Gasteiger partial charge in [0.2, 0.25) is 5.91 Å². The first kappa shape index (κ1) is 39.8. The number of halogens is 8. The van der Waals surface area contributed by atoms with E-state index >= 15 is 0 Å². The Kier molecular flexibility index (Phi) is 12.2. The summed E-state index contributed by atoms with van der Waals surface area (Å²) in [5, 5.41) is 8.07. The molecule has 1 saturated heterocycles. The zero-order valence-electron chi connectivity index (χ0n) is 26.5. The average Bonchev–Trinajstić information content (AvgIpc) is 3.41. The monoisotopic (exact) mass is 731 g/mol. The third-order valence-corrected chi connectivity index (χ3v) is 12.3. The van der Waals surface area contributed by atoms with Gasteiger partial charge in [0.15, 0.2) is 9.84 Å². The standard InChI is InChI=1S/C28H28F8NO4PS.C4H10O/c1-15(13-22(42)16(2)38)24(39)37-12-11-25(43(40,41)20-7-5-19(29)6-8-20)21-9-4-18(14-17(21)3-10-23(25)37)26(30,27(31,32)33)28(34,35)36;1-2-3-4-5/h4-9,14-15,22-23H,3,10-13,42H2,1-2H3;5H,2-4H2,1H3/t15?,22?,23-,25-;/m1./s1. The molecule has 0 aromatic heterocycles. The van der Waals surface area contributed by atoms with Crippen LogP contribution in [0.1, 0.15) is 69.6 Å². The summed E-state index contributed by atoms with van der Waals surface area (Å²) >= 11 is 0. The van der Waals surface area contributed by atoms with Crippen molar-refractivity contribution in [3.63, 3.8) is 0 Å². The van der Waals surface area contributed by atoms with Crippen molar-refractivity contribution in [1.82, 2.24) is 4.90 Å². The molecule has 0 saturated carbocycles. The van der Waals surface area contributed by atoms with Gasteiger partial charge in [-0.1, -0.05) is 38.5 Å². The van der Waals surface area contributed by atoms with E-state index in [1.807, 2.05) is 0 Å². The summed E-state index contributed by atoms with van der Waals surface area (Å²) in [6.45, 7) is 5.18. The maximum Gasteiger partial charge on any atom is 0.435 e. The number of aryl methyl sites for hydroxylation is 1. The number of amides is 1. The van der Waals surface area contributed by atoms with Gasteiger partial charge < -0.3 is 10.0 Å². The van der Waals surface area contributed by atoms with Crippen molar-refractivity contribution in [2.75, 3.05) is 13.2 Å². The second-order valence-corrected chi connectivity index (χ2v) is 15.2. The van der Waals surface area contributed by atoms with Crippen LogP contribution in [0, 0.1) is 11.7 Å². The summed E-state index contributed by atoms with van der Waals surface area (Å²) in [7, 11) is -2.25. The number of hydrogen-bond acceptors (Lipinski definition) is 5. The van der Waals surface area contributed by atoms with Crippen LogP contribution in [0.4, 0.5) is 35.1 Å². The Morgan fingerprint density at radius 3 is 2.10 bits per heavy atom. The molecule has 1 aliphatic carbocycles. The summed E-state index contributed by atoms with van der Waals surface area (Å²) < 4.78 is 136. The van der Waals surface area contributed by atoms with E-state index in [1.165, 1.54) is 11.8 Å². The lowest BCUT2D eigenvalue weighted by molar-refractivity contribution is -0.348. The molecule has 268 valence electrons. The van der Waals surface area contributed by atoms with Gasteiger partial charge in [-0.3, -0.25) is 9.59 Å². The van der Waals surface area contributed by atoms with E-state index in [-0.39, 0.29) is 60.1 Å². The van der Waals surface area contributed by atoms with Gasteiger partial charge in [0.05, 0.1) is 10.9 Å². The number of fused-ring (bicyclic) bond motifs is 3. The van der Waals surface area contributed by atoms with Crippen molar-refractivity contribution in [3.8, 4) is 0 Å². The van der Waals surface area contributed by atoms with Gasteiger partial charge in [0.25, 0.3) is 0 Å². The van der Waals surface area contributed by atoms with E-state index in [0.29, 0.717) is 12.7 Å². The number of Topliss-reactive ketones (excluding diaryl/α,β-unsaturated/α-hetero) is 1. The molecule has 5 atom stereocenters. The molecule has 1 fully saturated rings. The Labute approximate surface area is 276 Å². The second kappa shape index (κ2) is 14.7. The molecule has 2 aromatic carbocycles. The van der Waals surface area contributed by atoms with E-state index in [0.717, 1.165) is 43.2 Å². The number of aliphatic hydroxyl groups excluding tert-OH is 1. The maximum atomic E-state index is 14.9. The number of alkyl halides is 7. The van der Waals surface area contributed by atoms with Crippen LogP contribution < -0.4 is 0 Å². The zero-order valence-corrected chi connectivity index (χ0v) is 28.4. The largest absolute Gasteiger partial charge is 0.435 e. The van der Waals surface area contributed by atoms with Gasteiger partial charge in [-0.15, -0.1) is 9.24 Å². The molecule has 2 aliphatic rings. The molecule has 1 amide bonds. The van der Waals surface area contributed by atoms with Gasteiger partial charge in [0.1, 0.15) is 16.3 Å². The summed E-state index contributed by atoms with van der Waals surface area (Å²) in [6.07, 6.45) is -11.3. The molecular formula is C32H38F8NO5PS. The lowest BCUT2D eigenvalue weighted by atomic mass is 9.76. The van der Waals surface area contributed by atoms with Crippen molar-refractivity contribution in [3.05, 3.63) is 65.0 Å². The Balaban J connectivity index is 0.00000116. The highest BCUT2D eigenvalue weighted by Crippen LogP contribution is 2.56. The highest BCUT2D eigenvalue weighted by atomic mass is 32.2. The van der Waals surface area contributed by atoms with Crippen LogP contribution in [0.25, 0.3) is 0 Å². The Hall–Kier alpha value is -2.64. The fourth-order valence-corrected chi connectivity index (χ4v) is 9.18. The fraction of sp³-hybridized carbons (Fsp3) is 0.562. The number of hydrogen-bond donors (Lipinski definition) is 1. The smallest absolute Gasteiger partial charge is 0.396 e. The zero-order chi connectivity index (χ0) is 36.5. The highest BCUT2D eigenvalue weighted by Gasteiger charge is 2.74. The number of ketones is 1. The molecule has 6 nitrogen and oxygen atoms in total. The number of likely N-dealkylation sites (tertiary alicyclic amines) is 1. The number of aliphatic hydroxyl groups is 1. The van der Waals surface area contributed by atoms with Crippen LogP contribution in [0.3, 0.4) is 0 Å². The first-order chi connectivity index (χ1) is 22.1. The van der Waals surface area contributed by atoms with Gasteiger partial charge in [0, 0.05) is 30.3 Å². The normalized spacial score (nSPS) is 21.0. The molecule has 4 rings (SSSR count). The highest BCUT2D eigenvalue weighted by molar-refractivity contribution is 7.92. The van der Waals surface area contributed by atoms with Gasteiger partial charge in [-0.05, 0) is 74.4 Å². The van der Waals surface area contributed by atoms with E-state index in [4.69, 9.17) is 5.11 Å². The van der Waals surface area contributed by atoms with Crippen LogP contribution in [-0.4, -0.2) is 67.3 Å². The minimum absolute atomic E-state index is 0.130. The molecule has 1 N–H and O–H groups in total. The number of sulfone groups is 1. The summed E-state index contributed by atoms with van der Waals surface area (Å²) in [4.78, 5) is 26.3. The van der Waals surface area contributed by atoms with E-state index in [2.05, 4.69) is 16.2 Å². The predicted octanol–water partition coefficient (Wildman–Crippen LogP) is 6.97. The first-order valence-electron chi connectivity index (χ1n) is 15.3. The van der Waals surface area contributed by atoms with Crippen LogP contribution in [0.15, 0.2) is 47.4 Å². The van der Waals surface area contributed by atoms with Crippen LogP contribution in [0.5, 0.6) is 0 Å². The molecule has 0 spiro atoms. The molecule has 3 unspecified atom stereocenters. The number of carbonyl (C=O) groups excluding carboxylic acids is 2. The minimum atomic E-state index is -6.36. The maximum absolute atomic E-state index is 14.9. The molecule has 16 heteroatoms. The van der Waals surface area contributed by atoms with Crippen molar-refractivity contribution in [2.45, 2.75) is 98.7 Å². The van der Waals surface area contributed by atoms with Crippen molar-refractivity contribution in [1.29, 1.82) is 0 Å². The Morgan fingerprint density at radius 1 is 1.04 bits per heavy atom. The van der Waals surface area contributed by atoms with E-state index in [9.17, 15) is 53.1 Å². The molecule has 1 heterocycles. The van der Waals surface area contributed by atoms with Crippen molar-refractivity contribution in [2.24, 2.45) is 5.92 Å². The van der Waals surface area contributed by atoms with Gasteiger partial charge in [-0.2, -0.15) is 26.3 Å². The van der Waals surface area contributed by atoms with E-state index in [1.54, 1.807) is 6.92 Å². The Morgan fingerprint density at radius 2 is 1.62 bits per heavy atom. The number of rotatable bonds is 9. The van der Waals surface area contributed by atoms with E-state index < -0.39 is 67.5 Å². The number of carbonyl (C=O) groups is 2. The quantitative estimate of drug-likeness (QED) is 0.171. The molecule has 0 bridgehead atoms. The summed E-state index contributed by atoms with van der Waals surface area (Å²) in [5.74, 6) is -2.16. The van der Waals surface area contributed by atoms with Crippen LogP contribution in [-0.2, 0) is 36.3 Å². The third kappa shape index (κ3) is 7.14. The summed E-state index contributed by atoms with van der Waals surface area (Å²) in [6, 6.07) is 4.07. The van der Waals surface area contributed by atoms with Crippen LogP contribution >= 0.6 is 9.24 Å². The Bertz CT molecular complexity index is 1570. The lowest BCUT2D eigenvalue weighted by Gasteiger charge is -2.43. The number of nitrogens with zero attached hydrogens (tertiary/aromatic N) is 1. The lowest BCUT2D eigenvalue weighted by Crippen LogP contribution is -2.53. The minimum Gasteiger partial charge on any atom is -0.396 e. The summed E-state index contributed by atoms with van der Waals surface area (Å²) in [5.41, 5.74) is -8.40. The molecule has 48 heavy (non-hydrogen) atoms. The van der Waals surface area contributed by atoms with Crippen LogP contribution in [0.2, 0.25) is 0 Å². The average molecular weight is 732 g/mol. The fourth-order valence-electron chi connectivity index (χ4n) is 6.41. The second-order valence-electron chi connectivity index (χ2n) is 12.1. The predicted molar refractivity (Wildman–Crippen MR) is 165 cm³/mol. The molecule has 2 aromatic rings. The first-order valence-corrected chi connectivity index (χ1v) is 17.4. The number of unbranched alkanes of at least 4 members (excludes halogenated alkanes) is 1. The molecule has 1 aliphatic heterocycles. The topological polar surface area (TPSA) is 91.8 Å². The van der Waals surface area contributed by atoms with Gasteiger partial charge >= 0.3 is 18.0 Å². The molecular weight excluding hydrogens is 693 g/mol. The SMILES string of the molecule is CC(=O)C(P)CC(C)C(=O)N1CC[C@@]2(S(=O)(=O)c3ccc(F)cc3)c3ccc(C(F)(C(F)(F)F)C(F)(F)F)cc3CC[C@@H]12.CCCCO. The third-order valence-electron chi connectivity index (χ3n) is 9.02. The molecule has 0 radical (unpaired) electrons. The number of benzene rings is 2. The van der Waals surface area contributed by atoms with Crippen molar-refractivity contribution >= 4 is 30.8 Å². The van der Waals surface area contributed by atoms with Gasteiger partial charge in [-0.25, -0.2) is 17.2 Å². The van der Waals surface area contributed by atoms with Crippen molar-refractivity contribution < 1.29 is 58.2 Å².